The summed E-state index contributed by atoms with van der Waals surface area (Å²) in [6.07, 6.45) is 1.60. The predicted molar refractivity (Wildman–Crippen MR) is 76.7 cm³/mol. The van der Waals surface area contributed by atoms with Crippen LogP contribution in [0.5, 0.6) is 11.6 Å². The summed E-state index contributed by atoms with van der Waals surface area (Å²) in [5, 5.41) is 7.43. The molecule has 0 aliphatic carbocycles. The van der Waals surface area contributed by atoms with Crippen molar-refractivity contribution in [3.8, 4) is 11.6 Å². The van der Waals surface area contributed by atoms with Crippen LogP contribution in [0.3, 0.4) is 0 Å². The second kappa shape index (κ2) is 6.37. The highest BCUT2D eigenvalue weighted by atomic mass is 79.9. The van der Waals surface area contributed by atoms with Gasteiger partial charge in [-0.15, -0.1) is 12.4 Å². The van der Waals surface area contributed by atoms with Gasteiger partial charge in [-0.05, 0) is 36.4 Å². The van der Waals surface area contributed by atoms with E-state index in [-0.39, 0.29) is 18.2 Å². The molecular formula is C12H11BrClN3O. The Morgan fingerprint density at radius 1 is 1.22 bits per heavy atom. The summed E-state index contributed by atoms with van der Waals surface area (Å²) in [4.78, 5) is 4.06. The number of nitrogens with one attached hydrogen (secondary N) is 1. The third kappa shape index (κ3) is 3.45. The molecule has 4 nitrogen and oxygen atoms in total. The van der Waals surface area contributed by atoms with E-state index in [1.165, 1.54) is 0 Å². The van der Waals surface area contributed by atoms with Gasteiger partial charge in [-0.2, -0.15) is 0 Å². The standard InChI is InChI=1S/C12H10BrN3O.ClH/c13-8-3-5-9(6-4-8)17-12-10(11(14)15)2-1-7-16-12;/h1-7H,(H3,14,15);1H. The molecule has 1 heterocycles. The van der Waals surface area contributed by atoms with Crippen LogP contribution in [0, 0.1) is 5.41 Å². The van der Waals surface area contributed by atoms with E-state index in [1.807, 2.05) is 24.3 Å². The Morgan fingerprint density at radius 3 is 2.50 bits per heavy atom. The summed E-state index contributed by atoms with van der Waals surface area (Å²) in [5.41, 5.74) is 5.93. The van der Waals surface area contributed by atoms with Gasteiger partial charge in [0.2, 0.25) is 5.88 Å². The molecule has 18 heavy (non-hydrogen) atoms. The fraction of sp³-hybridized carbons (Fsp3) is 0. The lowest BCUT2D eigenvalue weighted by Gasteiger charge is -2.08. The Hall–Kier alpha value is -1.59. The van der Waals surface area contributed by atoms with E-state index in [9.17, 15) is 0 Å². The normalized spacial score (nSPS) is 9.39. The van der Waals surface area contributed by atoms with Crippen molar-refractivity contribution in [2.75, 3.05) is 0 Å². The maximum atomic E-state index is 7.43. The lowest BCUT2D eigenvalue weighted by Crippen LogP contribution is -2.12. The number of pyridine rings is 1. The first-order chi connectivity index (χ1) is 8.16. The molecular weight excluding hydrogens is 318 g/mol. The number of benzene rings is 1. The Balaban J connectivity index is 0.00000162. The van der Waals surface area contributed by atoms with E-state index in [2.05, 4.69) is 20.9 Å². The minimum atomic E-state index is -0.0646. The molecule has 94 valence electrons. The van der Waals surface area contributed by atoms with Gasteiger partial charge in [0.05, 0.1) is 5.56 Å². The lowest BCUT2D eigenvalue weighted by molar-refractivity contribution is 0.461. The molecule has 0 aliphatic heterocycles. The van der Waals surface area contributed by atoms with Crippen LogP contribution >= 0.6 is 28.3 Å². The smallest absolute Gasteiger partial charge is 0.230 e. The van der Waals surface area contributed by atoms with Crippen LogP contribution in [-0.4, -0.2) is 10.8 Å². The van der Waals surface area contributed by atoms with Crippen LogP contribution in [0.2, 0.25) is 0 Å². The molecule has 0 aliphatic rings. The number of hydrogen-bond acceptors (Lipinski definition) is 3. The quantitative estimate of drug-likeness (QED) is 0.670. The first-order valence-electron chi connectivity index (χ1n) is 4.89. The van der Waals surface area contributed by atoms with Crippen molar-refractivity contribution in [2.24, 2.45) is 5.73 Å². The van der Waals surface area contributed by atoms with Crippen LogP contribution in [0.25, 0.3) is 0 Å². The highest BCUT2D eigenvalue weighted by Crippen LogP contribution is 2.23. The van der Waals surface area contributed by atoms with Crippen molar-refractivity contribution in [3.05, 3.63) is 52.6 Å². The zero-order valence-corrected chi connectivity index (χ0v) is 11.7. The predicted octanol–water partition coefficient (Wildman–Crippen LogP) is 3.34. The largest absolute Gasteiger partial charge is 0.438 e. The number of amidine groups is 1. The average molecular weight is 329 g/mol. The van der Waals surface area contributed by atoms with Crippen molar-refractivity contribution < 1.29 is 4.74 Å². The molecule has 2 rings (SSSR count). The Kier molecular flexibility index (Phi) is 5.12. The van der Waals surface area contributed by atoms with Gasteiger partial charge in [0.1, 0.15) is 11.6 Å². The summed E-state index contributed by atoms with van der Waals surface area (Å²) in [7, 11) is 0. The third-order valence-corrected chi connectivity index (χ3v) is 2.62. The van der Waals surface area contributed by atoms with Gasteiger partial charge in [0.15, 0.2) is 0 Å². The molecule has 6 heteroatoms. The second-order valence-electron chi connectivity index (χ2n) is 3.33. The van der Waals surface area contributed by atoms with Gasteiger partial charge in [-0.1, -0.05) is 15.9 Å². The number of nitrogens with two attached hydrogens (primary N) is 1. The van der Waals surface area contributed by atoms with E-state index in [0.29, 0.717) is 17.2 Å². The minimum absolute atomic E-state index is 0. The average Bonchev–Trinajstić information content (AvgIpc) is 2.32. The van der Waals surface area contributed by atoms with E-state index < -0.39 is 0 Å². The topological polar surface area (TPSA) is 72.0 Å². The Labute approximate surface area is 119 Å². The van der Waals surface area contributed by atoms with Crippen LogP contribution in [0.1, 0.15) is 5.56 Å². The molecule has 0 radical (unpaired) electrons. The monoisotopic (exact) mass is 327 g/mol. The number of nitrogen functional groups attached to an aromatic ring is 1. The first kappa shape index (κ1) is 14.5. The molecule has 0 fully saturated rings. The van der Waals surface area contributed by atoms with Crippen LogP contribution < -0.4 is 10.5 Å². The fourth-order valence-electron chi connectivity index (χ4n) is 1.29. The summed E-state index contributed by atoms with van der Waals surface area (Å²) in [6.45, 7) is 0. The highest BCUT2D eigenvalue weighted by molar-refractivity contribution is 9.10. The zero-order valence-electron chi connectivity index (χ0n) is 9.26. The number of aromatic nitrogens is 1. The number of ether oxygens (including phenoxy) is 1. The van der Waals surface area contributed by atoms with Crippen LogP contribution in [0.4, 0.5) is 0 Å². The van der Waals surface area contributed by atoms with Gasteiger partial charge >= 0.3 is 0 Å². The van der Waals surface area contributed by atoms with Crippen molar-refractivity contribution >= 4 is 34.2 Å². The molecule has 1 aromatic carbocycles. The van der Waals surface area contributed by atoms with Crippen molar-refractivity contribution in [2.45, 2.75) is 0 Å². The van der Waals surface area contributed by atoms with E-state index >= 15 is 0 Å². The van der Waals surface area contributed by atoms with E-state index in [0.717, 1.165) is 4.47 Å². The molecule has 0 spiro atoms. The Morgan fingerprint density at radius 2 is 1.89 bits per heavy atom. The molecule has 0 unspecified atom stereocenters. The molecule has 0 atom stereocenters. The first-order valence-corrected chi connectivity index (χ1v) is 5.69. The molecule has 0 amide bonds. The lowest BCUT2D eigenvalue weighted by atomic mass is 10.2. The summed E-state index contributed by atoms with van der Waals surface area (Å²) < 4.78 is 6.54. The molecule has 0 bridgehead atoms. The molecule has 3 N–H and O–H groups in total. The van der Waals surface area contributed by atoms with Gasteiger partial charge in [0.25, 0.3) is 0 Å². The molecule has 0 saturated heterocycles. The van der Waals surface area contributed by atoms with Crippen LogP contribution in [-0.2, 0) is 0 Å². The van der Waals surface area contributed by atoms with Gasteiger partial charge < -0.3 is 10.5 Å². The Bertz CT molecular complexity index is 545. The molecule has 1 aromatic heterocycles. The number of halogens is 2. The molecule has 0 saturated carbocycles. The van der Waals surface area contributed by atoms with Crippen molar-refractivity contribution in [3.63, 3.8) is 0 Å². The van der Waals surface area contributed by atoms with E-state index in [1.54, 1.807) is 18.3 Å². The van der Waals surface area contributed by atoms with E-state index in [4.69, 9.17) is 15.9 Å². The molecule has 2 aromatic rings. The van der Waals surface area contributed by atoms with Crippen LogP contribution in [0.15, 0.2) is 47.1 Å². The van der Waals surface area contributed by atoms with Crippen molar-refractivity contribution in [1.82, 2.24) is 4.98 Å². The second-order valence-corrected chi connectivity index (χ2v) is 4.24. The number of hydrogen-bond donors (Lipinski definition) is 2. The van der Waals surface area contributed by atoms with Gasteiger partial charge in [-0.25, -0.2) is 4.98 Å². The highest BCUT2D eigenvalue weighted by Gasteiger charge is 2.08. The zero-order chi connectivity index (χ0) is 12.3. The van der Waals surface area contributed by atoms with Gasteiger partial charge in [-0.3, -0.25) is 5.41 Å². The fourth-order valence-corrected chi connectivity index (χ4v) is 1.56. The summed E-state index contributed by atoms with van der Waals surface area (Å²) in [6, 6.07) is 10.8. The maximum Gasteiger partial charge on any atom is 0.230 e. The SMILES string of the molecule is Cl.N=C(N)c1cccnc1Oc1ccc(Br)cc1. The maximum absolute atomic E-state index is 7.43. The summed E-state index contributed by atoms with van der Waals surface area (Å²) in [5.74, 6) is 0.918. The van der Waals surface area contributed by atoms with Crippen molar-refractivity contribution in [1.29, 1.82) is 5.41 Å². The minimum Gasteiger partial charge on any atom is -0.438 e. The number of rotatable bonds is 3. The third-order valence-electron chi connectivity index (χ3n) is 2.09. The summed E-state index contributed by atoms with van der Waals surface area (Å²) >= 11 is 3.34. The number of nitrogens with zero attached hydrogens (tertiary/aromatic N) is 1. The van der Waals surface area contributed by atoms with Gasteiger partial charge in [0, 0.05) is 10.7 Å².